The van der Waals surface area contributed by atoms with Crippen LogP contribution in [0.3, 0.4) is 0 Å². The Morgan fingerprint density at radius 1 is 1.00 bits per heavy atom. The summed E-state index contributed by atoms with van der Waals surface area (Å²) in [7, 11) is 0. The third kappa shape index (κ3) is 4.24. The number of hydrogen-bond acceptors (Lipinski definition) is 6. The summed E-state index contributed by atoms with van der Waals surface area (Å²) < 4.78 is 17.0. The molecular weight excluding hydrogens is 366 g/mol. The van der Waals surface area contributed by atoms with E-state index in [0.717, 1.165) is 51.4 Å². The molecule has 5 rings (SSSR count). The molecule has 0 aliphatic carbocycles. The van der Waals surface area contributed by atoms with Crippen LogP contribution in [-0.4, -0.2) is 48.0 Å². The molecule has 0 spiro atoms. The second-order valence-corrected chi connectivity index (χ2v) is 7.61. The summed E-state index contributed by atoms with van der Waals surface area (Å²) in [4.78, 5) is 7.05. The van der Waals surface area contributed by atoms with Gasteiger partial charge >= 0.3 is 0 Å². The molecule has 0 radical (unpaired) electrons. The van der Waals surface area contributed by atoms with Gasteiger partial charge in [0.1, 0.15) is 0 Å². The van der Waals surface area contributed by atoms with Crippen molar-refractivity contribution in [2.24, 2.45) is 0 Å². The van der Waals surface area contributed by atoms with Crippen LogP contribution < -0.4 is 0 Å². The maximum Gasteiger partial charge on any atom is 0.229 e. The summed E-state index contributed by atoms with van der Waals surface area (Å²) in [6, 6.07) is 16.8. The Bertz CT molecular complexity index is 965. The van der Waals surface area contributed by atoms with Crippen LogP contribution >= 0.6 is 0 Å². The zero-order valence-electron chi connectivity index (χ0n) is 16.4. The van der Waals surface area contributed by atoms with Crippen LogP contribution in [0.2, 0.25) is 0 Å². The van der Waals surface area contributed by atoms with Crippen LogP contribution in [0.5, 0.6) is 0 Å². The minimum absolute atomic E-state index is 0.0269. The molecule has 0 amide bonds. The number of aromatic nitrogens is 2. The van der Waals surface area contributed by atoms with Gasteiger partial charge in [0.05, 0.1) is 32.3 Å². The van der Waals surface area contributed by atoms with E-state index < -0.39 is 0 Å². The predicted octanol–water partition coefficient (Wildman–Crippen LogP) is 3.43. The van der Waals surface area contributed by atoms with Gasteiger partial charge in [0, 0.05) is 25.2 Å². The molecule has 2 aliphatic heterocycles. The highest BCUT2D eigenvalue weighted by Gasteiger charge is 2.23. The summed E-state index contributed by atoms with van der Waals surface area (Å²) >= 11 is 0. The zero-order valence-corrected chi connectivity index (χ0v) is 16.4. The molecule has 3 heterocycles. The van der Waals surface area contributed by atoms with Gasteiger partial charge in [-0.3, -0.25) is 4.90 Å². The maximum atomic E-state index is 5.98. The number of benzene rings is 2. The summed E-state index contributed by atoms with van der Waals surface area (Å²) in [5.41, 5.74) is 4.81. The Hall–Kier alpha value is -2.54. The van der Waals surface area contributed by atoms with Crippen molar-refractivity contribution in [3.63, 3.8) is 0 Å². The van der Waals surface area contributed by atoms with Crippen LogP contribution in [0.25, 0.3) is 11.4 Å². The monoisotopic (exact) mass is 391 g/mol. The molecule has 1 unspecified atom stereocenters. The van der Waals surface area contributed by atoms with Crippen LogP contribution in [0, 0.1) is 0 Å². The number of fused-ring (bicyclic) bond motifs is 1. The first-order valence-corrected chi connectivity index (χ1v) is 10.3. The number of hydrogen-bond donors (Lipinski definition) is 0. The lowest BCUT2D eigenvalue weighted by Crippen LogP contribution is -2.35. The normalized spacial score (nSPS) is 19.8. The van der Waals surface area contributed by atoms with E-state index in [0.29, 0.717) is 18.1 Å². The molecule has 6 heteroatoms. The first kappa shape index (κ1) is 18.5. The van der Waals surface area contributed by atoms with Gasteiger partial charge in [-0.25, -0.2) is 0 Å². The second-order valence-electron chi connectivity index (χ2n) is 7.61. The Balaban J connectivity index is 1.30. The SMILES string of the molecule is c1cc(CN2CCOCC2)cc(-c2noc(CC3OCCc4ccccc43)n2)c1. The molecule has 1 fully saturated rings. The van der Waals surface area contributed by atoms with Crippen molar-refractivity contribution in [3.05, 3.63) is 71.1 Å². The third-order valence-electron chi connectivity index (χ3n) is 5.62. The lowest BCUT2D eigenvalue weighted by atomic mass is 9.96. The van der Waals surface area contributed by atoms with E-state index in [1.54, 1.807) is 0 Å². The Morgan fingerprint density at radius 3 is 2.83 bits per heavy atom. The molecule has 2 aromatic carbocycles. The number of ether oxygens (including phenoxy) is 2. The van der Waals surface area contributed by atoms with Gasteiger partial charge < -0.3 is 14.0 Å². The van der Waals surface area contributed by atoms with Gasteiger partial charge in [0.2, 0.25) is 11.7 Å². The molecule has 3 aromatic rings. The fraction of sp³-hybridized carbons (Fsp3) is 0.391. The Labute approximate surface area is 170 Å². The van der Waals surface area contributed by atoms with Gasteiger partial charge in [-0.15, -0.1) is 0 Å². The molecular formula is C23H25N3O3. The first-order valence-electron chi connectivity index (χ1n) is 10.3. The van der Waals surface area contributed by atoms with Crippen molar-refractivity contribution in [3.8, 4) is 11.4 Å². The molecule has 1 atom stereocenters. The topological polar surface area (TPSA) is 60.6 Å². The fourth-order valence-electron chi connectivity index (χ4n) is 4.09. The van der Waals surface area contributed by atoms with Gasteiger partial charge in [0.25, 0.3) is 0 Å². The van der Waals surface area contributed by atoms with Crippen molar-refractivity contribution < 1.29 is 14.0 Å². The largest absolute Gasteiger partial charge is 0.379 e. The van der Waals surface area contributed by atoms with Crippen molar-refractivity contribution in [2.75, 3.05) is 32.9 Å². The zero-order chi connectivity index (χ0) is 19.5. The third-order valence-corrected chi connectivity index (χ3v) is 5.62. The standard InChI is InChI=1S/C23H25N3O3/c1-2-7-20-18(5-1)8-11-28-21(20)15-22-24-23(25-29-22)19-6-3-4-17(14-19)16-26-9-12-27-13-10-26/h1-7,14,21H,8-13,15-16H2. The molecule has 0 N–H and O–H groups in total. The van der Waals surface area contributed by atoms with E-state index in [-0.39, 0.29) is 6.10 Å². The molecule has 29 heavy (non-hydrogen) atoms. The number of nitrogens with zero attached hydrogens (tertiary/aromatic N) is 3. The molecule has 0 saturated carbocycles. The first-order chi connectivity index (χ1) is 14.3. The van der Waals surface area contributed by atoms with Crippen LogP contribution in [0.1, 0.15) is 28.7 Å². The molecule has 6 nitrogen and oxygen atoms in total. The predicted molar refractivity (Wildman–Crippen MR) is 108 cm³/mol. The smallest absolute Gasteiger partial charge is 0.229 e. The van der Waals surface area contributed by atoms with Crippen LogP contribution in [-0.2, 0) is 28.9 Å². The van der Waals surface area contributed by atoms with Crippen LogP contribution in [0.15, 0.2) is 53.1 Å². The average molecular weight is 391 g/mol. The minimum atomic E-state index is -0.0269. The highest BCUT2D eigenvalue weighted by atomic mass is 16.5. The van der Waals surface area contributed by atoms with Gasteiger partial charge in [0.15, 0.2) is 0 Å². The van der Waals surface area contributed by atoms with E-state index in [2.05, 4.69) is 57.5 Å². The van der Waals surface area contributed by atoms with E-state index in [4.69, 9.17) is 14.0 Å². The van der Waals surface area contributed by atoms with Crippen molar-refractivity contribution in [1.82, 2.24) is 15.0 Å². The fourth-order valence-corrected chi connectivity index (χ4v) is 4.09. The lowest BCUT2D eigenvalue weighted by Gasteiger charge is -2.26. The quantitative estimate of drug-likeness (QED) is 0.664. The second kappa shape index (κ2) is 8.45. The lowest BCUT2D eigenvalue weighted by molar-refractivity contribution is 0.0342. The summed E-state index contributed by atoms with van der Waals surface area (Å²) in [6.07, 6.45) is 1.52. The highest BCUT2D eigenvalue weighted by molar-refractivity contribution is 5.55. The van der Waals surface area contributed by atoms with Crippen LogP contribution in [0.4, 0.5) is 0 Å². The molecule has 0 bridgehead atoms. The van der Waals surface area contributed by atoms with Crippen molar-refractivity contribution >= 4 is 0 Å². The summed E-state index contributed by atoms with van der Waals surface area (Å²) in [5, 5.41) is 4.22. The number of morpholine rings is 1. The van der Waals surface area contributed by atoms with E-state index >= 15 is 0 Å². The van der Waals surface area contributed by atoms with Crippen molar-refractivity contribution in [2.45, 2.75) is 25.5 Å². The van der Waals surface area contributed by atoms with E-state index in [1.807, 2.05) is 6.07 Å². The molecule has 1 aromatic heterocycles. The van der Waals surface area contributed by atoms with E-state index in [9.17, 15) is 0 Å². The Morgan fingerprint density at radius 2 is 1.90 bits per heavy atom. The number of rotatable bonds is 5. The average Bonchev–Trinajstić information content (AvgIpc) is 3.24. The van der Waals surface area contributed by atoms with E-state index in [1.165, 1.54) is 16.7 Å². The van der Waals surface area contributed by atoms with Gasteiger partial charge in [-0.2, -0.15) is 4.98 Å². The maximum absolute atomic E-state index is 5.98. The Kier molecular flexibility index (Phi) is 5.39. The van der Waals surface area contributed by atoms with Gasteiger partial charge in [-0.1, -0.05) is 47.6 Å². The molecule has 150 valence electrons. The molecule has 1 saturated heterocycles. The highest BCUT2D eigenvalue weighted by Crippen LogP contribution is 2.30. The summed E-state index contributed by atoms with van der Waals surface area (Å²) in [6.45, 7) is 5.19. The summed E-state index contributed by atoms with van der Waals surface area (Å²) in [5.74, 6) is 1.24. The molecule has 2 aliphatic rings. The van der Waals surface area contributed by atoms with Crippen molar-refractivity contribution in [1.29, 1.82) is 0 Å². The van der Waals surface area contributed by atoms with Gasteiger partial charge in [-0.05, 0) is 29.2 Å². The minimum Gasteiger partial charge on any atom is -0.379 e.